The molecule has 2 aromatic rings. The second kappa shape index (κ2) is 9.48. The number of esters is 1. The highest BCUT2D eigenvalue weighted by Crippen LogP contribution is 2.32. The quantitative estimate of drug-likeness (QED) is 0.246. The largest absolute Gasteiger partial charge is 0.444 e. The molecule has 1 aliphatic heterocycles. The van der Waals surface area contributed by atoms with Crippen LogP contribution < -0.4 is 15.8 Å². The van der Waals surface area contributed by atoms with Crippen molar-refractivity contribution in [3.8, 4) is 5.75 Å². The van der Waals surface area contributed by atoms with Crippen LogP contribution >= 0.6 is 0 Å². The summed E-state index contributed by atoms with van der Waals surface area (Å²) >= 11 is 0. The number of nitro benzene ring substituents is 1. The number of nitrogens with two attached hydrogens (primary N) is 1. The standard InChI is InChI=1S/C20H17N3O9S/c21-18(24)10-16(19(25)32-14-7-5-13(6-8-14)23(27)28)22-20(26)31-11-15-9-12-3-1-2-4-17(12)33(15,29)30/h1-9,16H,10-11H2,(H2,21,24)(H,22,26)/t16-/m0/s1. The number of ether oxygens (including phenoxy) is 2. The van der Waals surface area contributed by atoms with Gasteiger partial charge < -0.3 is 20.5 Å². The number of rotatable bonds is 8. The number of hydrogen-bond donors (Lipinski definition) is 2. The van der Waals surface area contributed by atoms with Crippen molar-refractivity contribution < 1.29 is 37.2 Å². The van der Waals surface area contributed by atoms with E-state index in [1.165, 1.54) is 12.1 Å². The number of fused-ring (bicyclic) bond motifs is 1. The van der Waals surface area contributed by atoms with E-state index in [0.29, 0.717) is 5.56 Å². The molecule has 0 aromatic heterocycles. The lowest BCUT2D eigenvalue weighted by Gasteiger charge is -2.16. The Morgan fingerprint density at radius 1 is 1.09 bits per heavy atom. The van der Waals surface area contributed by atoms with Crippen molar-refractivity contribution in [2.45, 2.75) is 17.4 Å². The van der Waals surface area contributed by atoms with Crippen LogP contribution in [0.25, 0.3) is 6.08 Å². The number of benzene rings is 2. The van der Waals surface area contributed by atoms with E-state index in [4.69, 9.17) is 15.2 Å². The monoisotopic (exact) mass is 475 g/mol. The Labute approximate surface area is 187 Å². The fraction of sp³-hybridized carbons (Fsp3) is 0.150. The summed E-state index contributed by atoms with van der Waals surface area (Å²) in [5, 5.41) is 12.8. The van der Waals surface area contributed by atoms with Crippen LogP contribution in [0.5, 0.6) is 5.75 Å². The number of hydrogen-bond acceptors (Lipinski definition) is 9. The van der Waals surface area contributed by atoms with Gasteiger partial charge in [-0.25, -0.2) is 18.0 Å². The van der Waals surface area contributed by atoms with Gasteiger partial charge >= 0.3 is 12.1 Å². The molecule has 0 saturated carbocycles. The first-order valence-corrected chi connectivity index (χ1v) is 10.8. The molecular formula is C20H17N3O9S. The van der Waals surface area contributed by atoms with Crippen LogP contribution in [0.15, 0.2) is 58.3 Å². The van der Waals surface area contributed by atoms with Gasteiger partial charge in [-0.1, -0.05) is 18.2 Å². The SMILES string of the molecule is NC(=O)C[C@H](NC(=O)OCC1=Cc2ccccc2S1(=O)=O)C(=O)Oc1ccc([N+](=O)[O-])cc1. The van der Waals surface area contributed by atoms with Crippen LogP contribution in [0.4, 0.5) is 10.5 Å². The van der Waals surface area contributed by atoms with E-state index in [1.807, 2.05) is 0 Å². The third-order valence-electron chi connectivity index (χ3n) is 4.46. The molecule has 172 valence electrons. The van der Waals surface area contributed by atoms with Gasteiger partial charge in [0.15, 0.2) is 0 Å². The van der Waals surface area contributed by atoms with Gasteiger partial charge in [0.25, 0.3) is 5.69 Å². The second-order valence-corrected chi connectivity index (χ2v) is 8.74. The van der Waals surface area contributed by atoms with Crippen LogP contribution in [0.1, 0.15) is 12.0 Å². The molecule has 2 aromatic carbocycles. The maximum atomic E-state index is 12.5. The van der Waals surface area contributed by atoms with Gasteiger partial charge in [0.2, 0.25) is 15.7 Å². The zero-order valence-electron chi connectivity index (χ0n) is 16.8. The topological polar surface area (TPSA) is 185 Å². The van der Waals surface area contributed by atoms with Crippen molar-refractivity contribution >= 4 is 39.6 Å². The Morgan fingerprint density at radius 3 is 2.36 bits per heavy atom. The van der Waals surface area contributed by atoms with Gasteiger partial charge in [0, 0.05) is 12.1 Å². The number of nitrogens with zero attached hydrogens (tertiary/aromatic N) is 1. The number of carbonyl (C=O) groups excluding carboxylic acids is 3. The molecule has 0 radical (unpaired) electrons. The summed E-state index contributed by atoms with van der Waals surface area (Å²) in [6, 6.07) is 9.20. The number of carbonyl (C=O) groups is 3. The fourth-order valence-corrected chi connectivity index (χ4v) is 4.37. The molecule has 12 nitrogen and oxygen atoms in total. The predicted octanol–water partition coefficient (Wildman–Crippen LogP) is 1.30. The van der Waals surface area contributed by atoms with Gasteiger partial charge in [0.1, 0.15) is 18.4 Å². The van der Waals surface area contributed by atoms with E-state index in [-0.39, 0.29) is 21.2 Å². The van der Waals surface area contributed by atoms with Crippen LogP contribution in [-0.2, 0) is 24.2 Å². The Hall–Kier alpha value is -4.26. The van der Waals surface area contributed by atoms with Crippen molar-refractivity contribution in [3.63, 3.8) is 0 Å². The maximum absolute atomic E-state index is 12.5. The fourth-order valence-electron chi connectivity index (χ4n) is 2.89. The van der Waals surface area contributed by atoms with E-state index in [0.717, 1.165) is 24.3 Å². The summed E-state index contributed by atoms with van der Waals surface area (Å²) in [6.07, 6.45) is -0.455. The summed E-state index contributed by atoms with van der Waals surface area (Å²) in [4.78, 5) is 45.8. The average molecular weight is 475 g/mol. The van der Waals surface area contributed by atoms with E-state index in [1.54, 1.807) is 18.2 Å². The van der Waals surface area contributed by atoms with Crippen LogP contribution in [0.3, 0.4) is 0 Å². The first kappa shape index (κ1) is 23.4. The zero-order chi connectivity index (χ0) is 24.2. The van der Waals surface area contributed by atoms with E-state index in [9.17, 15) is 32.9 Å². The molecule has 1 atom stereocenters. The molecule has 0 aliphatic carbocycles. The highest BCUT2D eigenvalue weighted by molar-refractivity contribution is 7.95. The zero-order valence-corrected chi connectivity index (χ0v) is 17.6. The first-order valence-electron chi connectivity index (χ1n) is 9.30. The minimum Gasteiger partial charge on any atom is -0.444 e. The minimum atomic E-state index is -3.81. The number of amides is 2. The summed E-state index contributed by atoms with van der Waals surface area (Å²) in [6.45, 7) is -0.608. The van der Waals surface area contributed by atoms with Gasteiger partial charge in [-0.05, 0) is 29.8 Å². The molecule has 3 rings (SSSR count). The molecule has 0 spiro atoms. The van der Waals surface area contributed by atoms with Crippen molar-refractivity contribution in [1.29, 1.82) is 0 Å². The van der Waals surface area contributed by atoms with Gasteiger partial charge in [-0.2, -0.15) is 0 Å². The van der Waals surface area contributed by atoms with E-state index >= 15 is 0 Å². The van der Waals surface area contributed by atoms with Crippen molar-refractivity contribution in [1.82, 2.24) is 5.32 Å². The minimum absolute atomic E-state index is 0.0739. The lowest BCUT2D eigenvalue weighted by atomic mass is 10.2. The lowest BCUT2D eigenvalue weighted by molar-refractivity contribution is -0.384. The molecule has 33 heavy (non-hydrogen) atoms. The highest BCUT2D eigenvalue weighted by Gasteiger charge is 2.31. The van der Waals surface area contributed by atoms with Gasteiger partial charge in [0.05, 0.1) is 21.1 Å². The number of primary amides is 1. The number of non-ortho nitro benzene ring substituents is 1. The van der Waals surface area contributed by atoms with Crippen LogP contribution in [0, 0.1) is 10.1 Å². The summed E-state index contributed by atoms with van der Waals surface area (Å²) in [5.74, 6) is -2.09. The third-order valence-corrected chi connectivity index (χ3v) is 6.34. The van der Waals surface area contributed by atoms with Crippen molar-refractivity contribution in [2.24, 2.45) is 5.73 Å². The van der Waals surface area contributed by atoms with Crippen LogP contribution in [-0.4, -0.2) is 44.0 Å². The predicted molar refractivity (Wildman–Crippen MR) is 112 cm³/mol. The number of nitrogens with one attached hydrogen (secondary N) is 1. The normalized spacial score (nSPS) is 14.4. The van der Waals surface area contributed by atoms with Gasteiger partial charge in [-0.15, -0.1) is 0 Å². The molecule has 1 heterocycles. The average Bonchev–Trinajstić information content (AvgIpc) is 3.02. The summed E-state index contributed by atoms with van der Waals surface area (Å²) in [5.41, 5.74) is 5.33. The lowest BCUT2D eigenvalue weighted by Crippen LogP contribution is -2.45. The third kappa shape index (κ3) is 5.51. The molecule has 0 bridgehead atoms. The second-order valence-electron chi connectivity index (χ2n) is 6.77. The number of alkyl carbamates (subject to hydrolysis) is 1. The molecular weight excluding hydrogens is 458 g/mol. The van der Waals surface area contributed by atoms with E-state index < -0.39 is 51.8 Å². The van der Waals surface area contributed by atoms with Crippen molar-refractivity contribution in [3.05, 3.63) is 69.1 Å². The van der Waals surface area contributed by atoms with Crippen LogP contribution in [0.2, 0.25) is 0 Å². The number of sulfone groups is 1. The molecule has 13 heteroatoms. The summed E-state index contributed by atoms with van der Waals surface area (Å²) < 4.78 is 34.9. The Morgan fingerprint density at radius 2 is 1.76 bits per heavy atom. The molecule has 0 saturated heterocycles. The molecule has 3 N–H and O–H groups in total. The smallest absolute Gasteiger partial charge is 0.408 e. The number of nitro groups is 1. The van der Waals surface area contributed by atoms with Gasteiger partial charge in [-0.3, -0.25) is 14.9 Å². The maximum Gasteiger partial charge on any atom is 0.408 e. The molecule has 2 amide bonds. The van der Waals surface area contributed by atoms with E-state index in [2.05, 4.69) is 5.32 Å². The Balaban J connectivity index is 1.63. The molecule has 0 fully saturated rings. The highest BCUT2D eigenvalue weighted by atomic mass is 32.2. The molecule has 0 unspecified atom stereocenters. The first-order chi connectivity index (χ1) is 15.6. The molecule has 1 aliphatic rings. The Bertz CT molecular complexity index is 1250. The van der Waals surface area contributed by atoms with Crippen molar-refractivity contribution in [2.75, 3.05) is 6.61 Å². The summed E-state index contributed by atoms with van der Waals surface area (Å²) in [7, 11) is -3.81. The Kier molecular flexibility index (Phi) is 6.72.